The first kappa shape index (κ1) is 18.6. The lowest BCUT2D eigenvalue weighted by molar-refractivity contribution is -0.305. The van der Waals surface area contributed by atoms with Crippen LogP contribution in [0.2, 0.25) is 0 Å². The van der Waals surface area contributed by atoms with Crippen molar-refractivity contribution in [1.29, 1.82) is 0 Å². The van der Waals surface area contributed by atoms with E-state index in [0.29, 0.717) is 11.1 Å². The van der Waals surface area contributed by atoms with E-state index in [-0.39, 0.29) is 12.3 Å². The summed E-state index contributed by atoms with van der Waals surface area (Å²) in [4.78, 5) is 22.3. The number of benzene rings is 1. The number of amides is 1. The Balaban J connectivity index is 1.64. The lowest BCUT2D eigenvalue weighted by atomic mass is 9.84. The molecule has 1 saturated carbocycles. The van der Waals surface area contributed by atoms with Gasteiger partial charge in [-0.25, -0.2) is 0 Å². The van der Waals surface area contributed by atoms with Gasteiger partial charge in [0.15, 0.2) is 5.17 Å². The third-order valence-corrected chi connectivity index (χ3v) is 5.90. The summed E-state index contributed by atoms with van der Waals surface area (Å²) in [5, 5.41) is 21.0. The number of carbonyl (C=O) groups is 2. The maximum Gasteiger partial charge on any atom is 0.239 e. The molecule has 1 saturated heterocycles. The lowest BCUT2D eigenvalue weighted by Crippen LogP contribution is -2.31. The minimum Gasteiger partial charge on any atom is -0.550 e. The minimum absolute atomic E-state index is 0.319. The van der Waals surface area contributed by atoms with Crippen LogP contribution in [-0.2, 0) is 9.59 Å². The highest BCUT2D eigenvalue weighted by atomic mass is 32.2. The maximum atomic E-state index is 11.7. The second-order valence-corrected chi connectivity index (χ2v) is 7.91. The first-order chi connectivity index (χ1) is 12.5. The molecule has 2 aliphatic rings. The molecule has 1 aliphatic carbocycles. The zero-order valence-electron chi connectivity index (χ0n) is 14.7. The molecule has 0 spiro atoms. The molecule has 1 atom stereocenters. The Hall–Kier alpha value is -2.15. The van der Waals surface area contributed by atoms with Crippen molar-refractivity contribution in [2.24, 2.45) is 10.2 Å². The third-order valence-electron chi connectivity index (χ3n) is 4.82. The average molecular weight is 372 g/mol. The van der Waals surface area contributed by atoms with Crippen molar-refractivity contribution < 1.29 is 14.7 Å². The van der Waals surface area contributed by atoms with Crippen LogP contribution in [0.25, 0.3) is 0 Å². The Morgan fingerprint density at radius 1 is 1.23 bits per heavy atom. The van der Waals surface area contributed by atoms with Gasteiger partial charge in [-0.3, -0.25) is 4.79 Å². The van der Waals surface area contributed by atoms with Gasteiger partial charge in [-0.05, 0) is 36.8 Å². The Bertz CT molecular complexity index is 737. The van der Waals surface area contributed by atoms with Crippen molar-refractivity contribution in [3.63, 3.8) is 0 Å². The van der Waals surface area contributed by atoms with E-state index in [4.69, 9.17) is 0 Å². The Labute approximate surface area is 157 Å². The molecule has 1 heterocycles. The summed E-state index contributed by atoms with van der Waals surface area (Å²) in [6, 6.07) is 8.45. The molecule has 0 unspecified atom stereocenters. The van der Waals surface area contributed by atoms with E-state index in [1.54, 1.807) is 0 Å². The number of carbonyl (C=O) groups excluding carboxylic acids is 2. The summed E-state index contributed by atoms with van der Waals surface area (Å²) >= 11 is 1.07. The first-order valence-corrected chi connectivity index (χ1v) is 9.81. The number of hydrogen-bond donors (Lipinski definition) is 1. The van der Waals surface area contributed by atoms with Gasteiger partial charge in [0.25, 0.3) is 0 Å². The molecule has 26 heavy (non-hydrogen) atoms. The number of nitrogens with one attached hydrogen (secondary N) is 1. The predicted molar refractivity (Wildman–Crippen MR) is 101 cm³/mol. The quantitative estimate of drug-likeness (QED) is 0.633. The number of carboxylic acid groups (broad SMARTS) is 1. The van der Waals surface area contributed by atoms with E-state index >= 15 is 0 Å². The van der Waals surface area contributed by atoms with Crippen LogP contribution < -0.4 is 10.4 Å². The standard InChI is InChI=1S/C19H23N3O3S/c1-12(21-22-19-20-18(25)16(26-19)11-17(23)24)13-7-9-15(10-8-13)14-5-3-2-4-6-14/h7-10,14,16H,2-6,11H2,1H3,(H,23,24)(H,20,22,25)/p-1/b21-12-/t16-/m0/s1. The number of thioether (sulfide) groups is 1. The molecule has 1 aromatic rings. The normalized spacial score (nSPS) is 23.3. The number of nitrogens with zero attached hydrogens (tertiary/aromatic N) is 2. The lowest BCUT2D eigenvalue weighted by Gasteiger charge is -2.22. The molecular formula is C19H22N3O3S-. The fourth-order valence-electron chi connectivity index (χ4n) is 3.35. The number of rotatable bonds is 5. The molecule has 1 N–H and O–H groups in total. The van der Waals surface area contributed by atoms with Crippen molar-refractivity contribution >= 4 is 34.5 Å². The van der Waals surface area contributed by atoms with Gasteiger partial charge in [-0.1, -0.05) is 55.3 Å². The van der Waals surface area contributed by atoms with E-state index in [9.17, 15) is 14.7 Å². The van der Waals surface area contributed by atoms with Crippen molar-refractivity contribution in [2.45, 2.75) is 56.6 Å². The zero-order chi connectivity index (χ0) is 18.5. The Morgan fingerprint density at radius 2 is 1.92 bits per heavy atom. The molecule has 0 radical (unpaired) electrons. The molecule has 0 bridgehead atoms. The van der Waals surface area contributed by atoms with E-state index in [1.807, 2.05) is 6.92 Å². The van der Waals surface area contributed by atoms with Crippen molar-refractivity contribution in [1.82, 2.24) is 5.32 Å². The van der Waals surface area contributed by atoms with Crippen LogP contribution in [-0.4, -0.2) is 28.0 Å². The highest BCUT2D eigenvalue weighted by Crippen LogP contribution is 2.32. The summed E-state index contributed by atoms with van der Waals surface area (Å²) < 4.78 is 0. The zero-order valence-corrected chi connectivity index (χ0v) is 15.6. The molecule has 6 nitrogen and oxygen atoms in total. The summed E-state index contributed by atoms with van der Waals surface area (Å²) in [6.07, 6.45) is 6.17. The SMILES string of the molecule is C/C(=N/N=C1\NC(=O)[C@H](CC(=O)[O-])S1)c1ccc(C2CCCCC2)cc1. The molecule has 1 amide bonds. The summed E-state index contributed by atoms with van der Waals surface area (Å²) in [5.74, 6) is -0.958. The van der Waals surface area contributed by atoms with Crippen molar-refractivity contribution in [3.8, 4) is 0 Å². The van der Waals surface area contributed by atoms with Crippen LogP contribution in [0.1, 0.15) is 62.5 Å². The number of hydrogen-bond acceptors (Lipinski definition) is 6. The minimum atomic E-state index is -1.25. The van der Waals surface area contributed by atoms with Crippen molar-refractivity contribution in [2.75, 3.05) is 0 Å². The molecular weight excluding hydrogens is 350 g/mol. The second-order valence-electron chi connectivity index (χ2n) is 6.72. The van der Waals surface area contributed by atoms with Crippen LogP contribution in [0.15, 0.2) is 34.5 Å². The number of carboxylic acids is 1. The van der Waals surface area contributed by atoms with E-state index in [0.717, 1.165) is 23.0 Å². The van der Waals surface area contributed by atoms with Gasteiger partial charge in [0.1, 0.15) is 0 Å². The van der Waals surface area contributed by atoms with E-state index in [1.165, 1.54) is 37.7 Å². The van der Waals surface area contributed by atoms with Gasteiger partial charge in [-0.15, -0.1) is 5.10 Å². The fraction of sp³-hybridized carbons (Fsp3) is 0.474. The van der Waals surface area contributed by atoms with Crippen LogP contribution in [0.5, 0.6) is 0 Å². The maximum absolute atomic E-state index is 11.7. The molecule has 0 aromatic heterocycles. The van der Waals surface area contributed by atoms with Gasteiger partial charge in [-0.2, -0.15) is 5.10 Å². The Morgan fingerprint density at radius 3 is 2.58 bits per heavy atom. The summed E-state index contributed by atoms with van der Waals surface area (Å²) in [7, 11) is 0. The predicted octanol–water partition coefficient (Wildman–Crippen LogP) is 2.19. The number of amidine groups is 1. The van der Waals surface area contributed by atoms with Gasteiger partial charge >= 0.3 is 0 Å². The van der Waals surface area contributed by atoms with E-state index in [2.05, 4.69) is 39.8 Å². The largest absolute Gasteiger partial charge is 0.550 e. The molecule has 1 aromatic carbocycles. The Kier molecular flexibility index (Phi) is 6.08. The number of aliphatic carboxylic acids is 1. The van der Waals surface area contributed by atoms with Crippen LogP contribution >= 0.6 is 11.8 Å². The van der Waals surface area contributed by atoms with Crippen molar-refractivity contribution in [3.05, 3.63) is 35.4 Å². The van der Waals surface area contributed by atoms with Crippen LogP contribution in [0.3, 0.4) is 0 Å². The monoisotopic (exact) mass is 372 g/mol. The highest BCUT2D eigenvalue weighted by molar-refractivity contribution is 8.15. The van der Waals surface area contributed by atoms with Gasteiger partial charge in [0.2, 0.25) is 5.91 Å². The van der Waals surface area contributed by atoms with Crippen LogP contribution in [0.4, 0.5) is 0 Å². The summed E-state index contributed by atoms with van der Waals surface area (Å²) in [5.41, 5.74) is 3.11. The molecule has 1 aliphatic heterocycles. The fourth-order valence-corrected chi connectivity index (χ4v) is 4.25. The molecule has 2 fully saturated rings. The molecule has 3 rings (SSSR count). The van der Waals surface area contributed by atoms with E-state index < -0.39 is 11.2 Å². The second kappa shape index (κ2) is 8.49. The molecule has 7 heteroatoms. The smallest absolute Gasteiger partial charge is 0.239 e. The van der Waals surface area contributed by atoms with Gasteiger partial charge < -0.3 is 15.2 Å². The average Bonchev–Trinajstić information content (AvgIpc) is 2.99. The van der Waals surface area contributed by atoms with Gasteiger partial charge in [0, 0.05) is 12.4 Å². The van der Waals surface area contributed by atoms with Crippen LogP contribution in [0, 0.1) is 0 Å². The highest BCUT2D eigenvalue weighted by Gasteiger charge is 2.30. The third kappa shape index (κ3) is 4.72. The first-order valence-electron chi connectivity index (χ1n) is 8.93. The summed E-state index contributed by atoms with van der Waals surface area (Å²) in [6.45, 7) is 1.86. The molecule has 138 valence electrons. The van der Waals surface area contributed by atoms with Gasteiger partial charge in [0.05, 0.1) is 11.0 Å². The topological polar surface area (TPSA) is 94.0 Å².